The number of rotatable bonds is 7. The van der Waals surface area contributed by atoms with Crippen molar-refractivity contribution >= 4 is 11.0 Å². The van der Waals surface area contributed by atoms with Crippen LogP contribution in [0.15, 0.2) is 48.5 Å². The topological polar surface area (TPSA) is 41.3 Å². The van der Waals surface area contributed by atoms with E-state index in [1.54, 1.807) is 12.1 Å². The van der Waals surface area contributed by atoms with Crippen molar-refractivity contribution < 1.29 is 5.11 Å². The van der Waals surface area contributed by atoms with Gasteiger partial charge >= 0.3 is 0 Å². The first kappa shape index (κ1) is 16.5. The van der Waals surface area contributed by atoms with E-state index in [9.17, 15) is 5.11 Å². The number of phenolic OH excluding ortho intramolecular Hbond substituents is 1. The third kappa shape index (κ3) is 3.60. The molecule has 0 radical (unpaired) electrons. The first-order valence-corrected chi connectivity index (χ1v) is 8.65. The third-order valence-corrected chi connectivity index (χ3v) is 4.57. The van der Waals surface area contributed by atoms with Gasteiger partial charge in [0.25, 0.3) is 0 Å². The maximum absolute atomic E-state index is 9.46. The van der Waals surface area contributed by atoms with Gasteiger partial charge in [0, 0.05) is 19.5 Å². The zero-order chi connectivity index (χ0) is 16.9. The Hall–Kier alpha value is -2.33. The molecule has 0 spiro atoms. The van der Waals surface area contributed by atoms with Gasteiger partial charge < -0.3 is 14.6 Å². The molecule has 0 aliphatic heterocycles. The van der Waals surface area contributed by atoms with E-state index in [0.29, 0.717) is 5.75 Å². The fourth-order valence-electron chi connectivity index (χ4n) is 3.09. The van der Waals surface area contributed by atoms with Crippen LogP contribution in [0.1, 0.15) is 25.2 Å². The lowest BCUT2D eigenvalue weighted by molar-refractivity contribution is 0.291. The predicted octanol–water partition coefficient (Wildman–Crippen LogP) is 3.67. The SMILES string of the molecule is CCN(CC)CCn1c(Cc2ccc(O)cc2)nc2ccccc21. The number of phenols is 1. The summed E-state index contributed by atoms with van der Waals surface area (Å²) in [6, 6.07) is 15.7. The number of hydrogen-bond donors (Lipinski definition) is 1. The molecule has 4 heteroatoms. The third-order valence-electron chi connectivity index (χ3n) is 4.57. The smallest absolute Gasteiger partial charge is 0.115 e. The lowest BCUT2D eigenvalue weighted by atomic mass is 10.1. The second-order valence-electron chi connectivity index (χ2n) is 6.04. The fourth-order valence-corrected chi connectivity index (χ4v) is 3.09. The number of likely N-dealkylation sites (N-methyl/N-ethyl adjacent to an activating group) is 1. The molecular formula is C20H25N3O. The molecule has 0 saturated carbocycles. The van der Waals surface area contributed by atoms with Gasteiger partial charge in [-0.3, -0.25) is 0 Å². The van der Waals surface area contributed by atoms with Crippen LogP contribution in [-0.2, 0) is 13.0 Å². The summed E-state index contributed by atoms with van der Waals surface area (Å²) in [5, 5.41) is 9.46. The molecule has 1 N–H and O–H groups in total. The van der Waals surface area contributed by atoms with Crippen LogP contribution in [0, 0.1) is 0 Å². The minimum absolute atomic E-state index is 0.300. The quantitative estimate of drug-likeness (QED) is 0.721. The summed E-state index contributed by atoms with van der Waals surface area (Å²) in [6.07, 6.45) is 0.771. The second-order valence-corrected chi connectivity index (χ2v) is 6.04. The van der Waals surface area contributed by atoms with Crippen molar-refractivity contribution in [3.05, 3.63) is 59.9 Å². The van der Waals surface area contributed by atoms with Gasteiger partial charge in [-0.05, 0) is 42.9 Å². The second kappa shape index (κ2) is 7.49. The van der Waals surface area contributed by atoms with Crippen LogP contribution in [0.25, 0.3) is 11.0 Å². The predicted molar refractivity (Wildman–Crippen MR) is 98.4 cm³/mol. The Balaban J connectivity index is 1.90. The monoisotopic (exact) mass is 323 g/mol. The maximum atomic E-state index is 9.46. The minimum Gasteiger partial charge on any atom is -0.508 e. The highest BCUT2D eigenvalue weighted by Crippen LogP contribution is 2.20. The van der Waals surface area contributed by atoms with Crippen molar-refractivity contribution in [2.45, 2.75) is 26.8 Å². The van der Waals surface area contributed by atoms with Crippen molar-refractivity contribution in [2.24, 2.45) is 0 Å². The average Bonchev–Trinajstić information content (AvgIpc) is 2.95. The highest BCUT2D eigenvalue weighted by atomic mass is 16.3. The molecule has 3 rings (SSSR count). The Labute approximate surface area is 143 Å². The highest BCUT2D eigenvalue weighted by molar-refractivity contribution is 5.76. The van der Waals surface area contributed by atoms with Crippen LogP contribution in [-0.4, -0.2) is 39.2 Å². The summed E-state index contributed by atoms with van der Waals surface area (Å²) in [4.78, 5) is 7.27. The van der Waals surface area contributed by atoms with Crippen LogP contribution in [0.4, 0.5) is 0 Å². The molecule has 0 bridgehead atoms. The fraction of sp³-hybridized carbons (Fsp3) is 0.350. The molecule has 0 aliphatic rings. The first-order chi connectivity index (χ1) is 11.7. The molecule has 4 nitrogen and oxygen atoms in total. The molecular weight excluding hydrogens is 298 g/mol. The van der Waals surface area contributed by atoms with Gasteiger partial charge in [0.05, 0.1) is 11.0 Å². The van der Waals surface area contributed by atoms with Crippen molar-refractivity contribution in [1.82, 2.24) is 14.5 Å². The van der Waals surface area contributed by atoms with Gasteiger partial charge in [0.2, 0.25) is 0 Å². The van der Waals surface area contributed by atoms with Gasteiger partial charge in [0.15, 0.2) is 0 Å². The zero-order valence-electron chi connectivity index (χ0n) is 14.4. The van der Waals surface area contributed by atoms with Crippen LogP contribution in [0.5, 0.6) is 5.75 Å². The van der Waals surface area contributed by atoms with E-state index in [2.05, 4.69) is 41.5 Å². The van der Waals surface area contributed by atoms with E-state index >= 15 is 0 Å². The lowest BCUT2D eigenvalue weighted by Gasteiger charge is -2.19. The van der Waals surface area contributed by atoms with Crippen molar-refractivity contribution in [3.8, 4) is 5.75 Å². The Kier molecular flexibility index (Phi) is 5.16. The molecule has 24 heavy (non-hydrogen) atoms. The Morgan fingerprint density at radius 3 is 2.42 bits per heavy atom. The summed E-state index contributed by atoms with van der Waals surface area (Å²) in [7, 11) is 0. The van der Waals surface area contributed by atoms with Crippen LogP contribution < -0.4 is 0 Å². The van der Waals surface area contributed by atoms with Gasteiger partial charge in [0.1, 0.15) is 11.6 Å². The maximum Gasteiger partial charge on any atom is 0.115 e. The molecule has 0 fully saturated rings. The number of imidazole rings is 1. The van der Waals surface area contributed by atoms with E-state index < -0.39 is 0 Å². The number of aromatic nitrogens is 2. The molecule has 1 aromatic heterocycles. The number of para-hydroxylation sites is 2. The lowest BCUT2D eigenvalue weighted by Crippen LogP contribution is -2.27. The van der Waals surface area contributed by atoms with Crippen LogP contribution in [0.3, 0.4) is 0 Å². The summed E-state index contributed by atoms with van der Waals surface area (Å²) in [6.45, 7) is 8.50. The number of aromatic hydroxyl groups is 1. The van der Waals surface area contributed by atoms with E-state index in [1.807, 2.05) is 18.2 Å². The Bertz CT molecular complexity index is 788. The largest absolute Gasteiger partial charge is 0.508 e. The summed E-state index contributed by atoms with van der Waals surface area (Å²) < 4.78 is 2.33. The van der Waals surface area contributed by atoms with Crippen molar-refractivity contribution in [2.75, 3.05) is 19.6 Å². The molecule has 0 amide bonds. The number of benzene rings is 2. The molecule has 0 aliphatic carbocycles. The molecule has 2 aromatic carbocycles. The van der Waals surface area contributed by atoms with Crippen molar-refractivity contribution in [1.29, 1.82) is 0 Å². The molecule has 0 atom stereocenters. The van der Waals surface area contributed by atoms with Gasteiger partial charge in [-0.2, -0.15) is 0 Å². The van der Waals surface area contributed by atoms with E-state index in [4.69, 9.17) is 4.98 Å². The van der Waals surface area contributed by atoms with Crippen molar-refractivity contribution in [3.63, 3.8) is 0 Å². The first-order valence-electron chi connectivity index (χ1n) is 8.65. The van der Waals surface area contributed by atoms with Crippen LogP contribution >= 0.6 is 0 Å². The van der Waals surface area contributed by atoms with Crippen LogP contribution in [0.2, 0.25) is 0 Å². The standard InChI is InChI=1S/C20H25N3O/c1-3-22(4-2)13-14-23-19-8-6-5-7-18(19)21-20(23)15-16-9-11-17(24)12-10-16/h5-12,24H,3-4,13-15H2,1-2H3. The molecule has 3 aromatic rings. The van der Waals surface area contributed by atoms with E-state index in [1.165, 1.54) is 5.52 Å². The number of nitrogens with zero attached hydrogens (tertiary/aromatic N) is 3. The zero-order valence-corrected chi connectivity index (χ0v) is 14.4. The normalized spacial score (nSPS) is 11.5. The number of fused-ring (bicyclic) bond motifs is 1. The van der Waals surface area contributed by atoms with E-state index in [-0.39, 0.29) is 0 Å². The van der Waals surface area contributed by atoms with Gasteiger partial charge in [-0.25, -0.2) is 4.98 Å². The summed E-state index contributed by atoms with van der Waals surface area (Å²) >= 11 is 0. The summed E-state index contributed by atoms with van der Waals surface area (Å²) in [5.74, 6) is 1.38. The average molecular weight is 323 g/mol. The summed E-state index contributed by atoms with van der Waals surface area (Å²) in [5.41, 5.74) is 3.40. The highest BCUT2D eigenvalue weighted by Gasteiger charge is 2.12. The van der Waals surface area contributed by atoms with Gasteiger partial charge in [-0.15, -0.1) is 0 Å². The number of hydrogen-bond acceptors (Lipinski definition) is 3. The molecule has 0 unspecified atom stereocenters. The van der Waals surface area contributed by atoms with E-state index in [0.717, 1.165) is 49.5 Å². The molecule has 0 saturated heterocycles. The Morgan fingerprint density at radius 2 is 1.71 bits per heavy atom. The molecule has 126 valence electrons. The Morgan fingerprint density at radius 1 is 1.00 bits per heavy atom. The minimum atomic E-state index is 0.300. The molecule has 1 heterocycles. The van der Waals surface area contributed by atoms with Gasteiger partial charge in [-0.1, -0.05) is 38.1 Å².